The first kappa shape index (κ1) is 17.0. The minimum atomic E-state index is -0.362. The van der Waals surface area contributed by atoms with Crippen molar-refractivity contribution in [3.8, 4) is 0 Å². The number of rotatable bonds is 7. The summed E-state index contributed by atoms with van der Waals surface area (Å²) in [5.41, 5.74) is 1.06. The van der Waals surface area contributed by atoms with Gasteiger partial charge in [-0.3, -0.25) is 4.79 Å². The van der Waals surface area contributed by atoms with Crippen molar-refractivity contribution >= 4 is 17.5 Å². The molecule has 1 aromatic rings. The fraction of sp³-hybridized carbons (Fsp3) is 0.562. The van der Waals surface area contributed by atoms with Gasteiger partial charge in [0.15, 0.2) is 0 Å². The molecule has 0 aliphatic carbocycles. The van der Waals surface area contributed by atoms with Crippen LogP contribution >= 0.6 is 11.6 Å². The summed E-state index contributed by atoms with van der Waals surface area (Å²) in [6.07, 6.45) is 0.894. The molecule has 0 saturated heterocycles. The Labute approximate surface area is 126 Å². The number of aliphatic hydroxyl groups is 1. The highest BCUT2D eigenvalue weighted by atomic mass is 35.5. The Kier molecular flexibility index (Phi) is 7.03. The van der Waals surface area contributed by atoms with Crippen LogP contribution in [-0.4, -0.2) is 23.7 Å². The Bertz CT molecular complexity index is 434. The Morgan fingerprint density at radius 3 is 2.65 bits per heavy atom. The molecule has 0 aliphatic rings. The van der Waals surface area contributed by atoms with Gasteiger partial charge < -0.3 is 10.4 Å². The summed E-state index contributed by atoms with van der Waals surface area (Å²) in [6, 6.07) is 7.57. The predicted octanol–water partition coefficient (Wildman–Crippen LogP) is 3.04. The minimum absolute atomic E-state index is 0.0148. The predicted molar refractivity (Wildman–Crippen MR) is 82.8 cm³/mol. The van der Waals surface area contributed by atoms with Crippen LogP contribution in [-0.2, 0) is 11.2 Å². The Balaban J connectivity index is 2.36. The summed E-state index contributed by atoms with van der Waals surface area (Å²) in [5.74, 6) is 0.126. The number of benzene rings is 1. The van der Waals surface area contributed by atoms with Gasteiger partial charge in [0.1, 0.15) is 0 Å². The topological polar surface area (TPSA) is 49.3 Å². The maximum atomic E-state index is 12.0. The first-order valence-electron chi connectivity index (χ1n) is 7.10. The van der Waals surface area contributed by atoms with E-state index in [-0.39, 0.29) is 23.8 Å². The van der Waals surface area contributed by atoms with Gasteiger partial charge >= 0.3 is 0 Å². The first-order chi connectivity index (χ1) is 9.40. The molecule has 0 aromatic heterocycles. The fourth-order valence-electron chi connectivity index (χ4n) is 1.96. The lowest BCUT2D eigenvalue weighted by atomic mass is 10.00. The van der Waals surface area contributed by atoms with Crippen LogP contribution in [0.4, 0.5) is 0 Å². The van der Waals surface area contributed by atoms with Crippen LogP contribution in [0, 0.1) is 11.8 Å². The molecular formula is C16H24ClNO2. The molecule has 1 rings (SSSR count). The second-order valence-corrected chi connectivity index (χ2v) is 6.06. The van der Waals surface area contributed by atoms with Gasteiger partial charge in [-0.25, -0.2) is 0 Å². The van der Waals surface area contributed by atoms with E-state index in [1.807, 2.05) is 45.0 Å². The summed E-state index contributed by atoms with van der Waals surface area (Å²) >= 11 is 5.93. The van der Waals surface area contributed by atoms with Crippen molar-refractivity contribution in [1.82, 2.24) is 5.32 Å². The SMILES string of the molecule is CC(Cc1cccc(Cl)c1)C(=O)NCCC(O)C(C)C. The van der Waals surface area contributed by atoms with Gasteiger partial charge in [-0.1, -0.05) is 44.5 Å². The molecule has 3 nitrogen and oxygen atoms in total. The van der Waals surface area contributed by atoms with Crippen LogP contribution in [0.15, 0.2) is 24.3 Å². The monoisotopic (exact) mass is 297 g/mol. The molecule has 1 amide bonds. The molecule has 0 heterocycles. The normalized spacial score (nSPS) is 14.1. The first-order valence-corrected chi connectivity index (χ1v) is 7.48. The van der Waals surface area contributed by atoms with Crippen molar-refractivity contribution in [2.24, 2.45) is 11.8 Å². The molecule has 2 atom stereocenters. The van der Waals surface area contributed by atoms with E-state index in [2.05, 4.69) is 5.32 Å². The quantitative estimate of drug-likeness (QED) is 0.813. The maximum absolute atomic E-state index is 12.0. The van der Waals surface area contributed by atoms with Gasteiger partial charge in [0.25, 0.3) is 0 Å². The average Bonchev–Trinajstić information content (AvgIpc) is 2.38. The summed E-state index contributed by atoms with van der Waals surface area (Å²) < 4.78 is 0. The molecule has 0 bridgehead atoms. The highest BCUT2D eigenvalue weighted by Crippen LogP contribution is 2.14. The molecule has 2 unspecified atom stereocenters. The number of amides is 1. The Hall–Kier alpha value is -1.06. The Morgan fingerprint density at radius 2 is 2.05 bits per heavy atom. The van der Waals surface area contributed by atoms with Gasteiger partial charge in [0.2, 0.25) is 5.91 Å². The standard InChI is InChI=1S/C16H24ClNO2/c1-11(2)15(19)7-8-18-16(20)12(3)9-13-5-4-6-14(17)10-13/h4-6,10-12,15,19H,7-9H2,1-3H3,(H,18,20). The van der Waals surface area contributed by atoms with Crippen molar-refractivity contribution in [2.75, 3.05) is 6.54 Å². The fourth-order valence-corrected chi connectivity index (χ4v) is 2.17. The largest absolute Gasteiger partial charge is 0.393 e. The van der Waals surface area contributed by atoms with E-state index in [1.54, 1.807) is 0 Å². The van der Waals surface area contributed by atoms with Crippen molar-refractivity contribution in [1.29, 1.82) is 0 Å². The van der Waals surface area contributed by atoms with E-state index < -0.39 is 0 Å². The number of nitrogens with one attached hydrogen (secondary N) is 1. The summed E-state index contributed by atoms with van der Waals surface area (Å²) in [6.45, 7) is 6.34. The molecule has 0 radical (unpaired) electrons. The molecule has 0 saturated carbocycles. The molecule has 0 spiro atoms. The molecule has 0 fully saturated rings. The van der Waals surface area contributed by atoms with Crippen LogP contribution in [0.2, 0.25) is 5.02 Å². The lowest BCUT2D eigenvalue weighted by Crippen LogP contribution is -2.33. The van der Waals surface area contributed by atoms with Crippen molar-refractivity contribution in [3.63, 3.8) is 0 Å². The number of carbonyl (C=O) groups excluding carboxylic acids is 1. The third kappa shape index (κ3) is 5.93. The molecule has 20 heavy (non-hydrogen) atoms. The van der Waals surface area contributed by atoms with Crippen molar-refractivity contribution in [3.05, 3.63) is 34.9 Å². The summed E-state index contributed by atoms with van der Waals surface area (Å²) in [4.78, 5) is 12.0. The van der Waals surface area contributed by atoms with Crippen LogP contribution < -0.4 is 5.32 Å². The van der Waals surface area contributed by atoms with E-state index >= 15 is 0 Å². The highest BCUT2D eigenvalue weighted by molar-refractivity contribution is 6.30. The zero-order valence-corrected chi connectivity index (χ0v) is 13.2. The third-order valence-corrected chi connectivity index (χ3v) is 3.62. The number of halogens is 1. The van der Waals surface area contributed by atoms with Gasteiger partial charge in [-0.05, 0) is 36.5 Å². The lowest BCUT2D eigenvalue weighted by molar-refractivity contribution is -0.124. The molecule has 1 aromatic carbocycles. The van der Waals surface area contributed by atoms with E-state index in [0.717, 1.165) is 5.56 Å². The summed E-state index contributed by atoms with van der Waals surface area (Å²) in [5, 5.41) is 13.2. The van der Waals surface area contributed by atoms with Crippen LogP contribution in [0.1, 0.15) is 32.8 Å². The number of aliphatic hydroxyl groups excluding tert-OH is 1. The van der Waals surface area contributed by atoms with Crippen molar-refractivity contribution in [2.45, 2.75) is 39.7 Å². The number of carbonyl (C=O) groups is 1. The van der Waals surface area contributed by atoms with Crippen molar-refractivity contribution < 1.29 is 9.90 Å². The smallest absolute Gasteiger partial charge is 0.223 e. The Morgan fingerprint density at radius 1 is 1.35 bits per heavy atom. The second kappa shape index (κ2) is 8.28. The molecule has 2 N–H and O–H groups in total. The minimum Gasteiger partial charge on any atom is -0.393 e. The zero-order valence-electron chi connectivity index (χ0n) is 12.4. The van der Waals surface area contributed by atoms with E-state index in [9.17, 15) is 9.90 Å². The molecule has 0 aliphatic heterocycles. The zero-order chi connectivity index (χ0) is 15.1. The van der Waals surface area contributed by atoms with Gasteiger partial charge in [-0.2, -0.15) is 0 Å². The maximum Gasteiger partial charge on any atom is 0.223 e. The number of hydrogen-bond acceptors (Lipinski definition) is 2. The molecule has 4 heteroatoms. The van der Waals surface area contributed by atoms with E-state index in [0.29, 0.717) is 24.4 Å². The van der Waals surface area contributed by atoms with Crippen LogP contribution in [0.25, 0.3) is 0 Å². The van der Waals surface area contributed by atoms with Gasteiger partial charge in [0.05, 0.1) is 6.10 Å². The van der Waals surface area contributed by atoms with E-state index in [4.69, 9.17) is 11.6 Å². The molecule has 112 valence electrons. The lowest BCUT2D eigenvalue weighted by Gasteiger charge is -2.16. The number of hydrogen-bond donors (Lipinski definition) is 2. The van der Waals surface area contributed by atoms with E-state index in [1.165, 1.54) is 0 Å². The second-order valence-electron chi connectivity index (χ2n) is 5.63. The molecular weight excluding hydrogens is 274 g/mol. The van der Waals surface area contributed by atoms with Crippen LogP contribution in [0.3, 0.4) is 0 Å². The van der Waals surface area contributed by atoms with Gasteiger partial charge in [0, 0.05) is 17.5 Å². The average molecular weight is 298 g/mol. The third-order valence-electron chi connectivity index (χ3n) is 3.39. The van der Waals surface area contributed by atoms with Gasteiger partial charge in [-0.15, -0.1) is 0 Å². The highest BCUT2D eigenvalue weighted by Gasteiger charge is 2.14. The van der Waals surface area contributed by atoms with Crippen LogP contribution in [0.5, 0.6) is 0 Å². The summed E-state index contributed by atoms with van der Waals surface area (Å²) in [7, 11) is 0.